The summed E-state index contributed by atoms with van der Waals surface area (Å²) in [6.07, 6.45) is 5.11. The first-order valence-corrected chi connectivity index (χ1v) is 13.0. The summed E-state index contributed by atoms with van der Waals surface area (Å²) in [4.78, 5) is 23.7. The van der Waals surface area contributed by atoms with Gasteiger partial charge in [-0.05, 0) is 41.5 Å². The van der Waals surface area contributed by atoms with E-state index in [2.05, 4.69) is 20.2 Å². The van der Waals surface area contributed by atoms with E-state index < -0.39 is 15.9 Å². The van der Waals surface area contributed by atoms with Crippen molar-refractivity contribution < 1.29 is 17.9 Å². The van der Waals surface area contributed by atoms with E-state index in [9.17, 15) is 13.2 Å². The molecule has 1 unspecified atom stereocenters. The average molecular weight is 491 g/mol. The number of morpholine rings is 1. The fourth-order valence-corrected chi connectivity index (χ4v) is 5.72. The van der Waals surface area contributed by atoms with Crippen LogP contribution in [0.5, 0.6) is 0 Å². The van der Waals surface area contributed by atoms with Crippen LogP contribution in [0.25, 0.3) is 6.08 Å². The van der Waals surface area contributed by atoms with Gasteiger partial charge in [0.15, 0.2) is 0 Å². The van der Waals surface area contributed by atoms with Gasteiger partial charge in [-0.1, -0.05) is 30.3 Å². The van der Waals surface area contributed by atoms with E-state index in [0.717, 1.165) is 34.8 Å². The van der Waals surface area contributed by atoms with Gasteiger partial charge in [-0.2, -0.15) is 0 Å². The van der Waals surface area contributed by atoms with Crippen LogP contribution in [-0.2, 0) is 32.5 Å². The summed E-state index contributed by atoms with van der Waals surface area (Å²) in [5.41, 5.74) is 1.58. The molecule has 3 aromatic rings. The third kappa shape index (κ3) is 5.17. The van der Waals surface area contributed by atoms with E-state index in [1.54, 1.807) is 60.9 Å². The summed E-state index contributed by atoms with van der Waals surface area (Å²) in [6.45, 7) is 3.72. The van der Waals surface area contributed by atoms with Crippen molar-refractivity contribution in [3.8, 4) is 0 Å². The summed E-state index contributed by atoms with van der Waals surface area (Å²) < 4.78 is 32.2. The van der Waals surface area contributed by atoms with Crippen molar-refractivity contribution in [2.75, 3.05) is 26.3 Å². The smallest absolute Gasteiger partial charge is 0.249 e. The molecule has 1 amide bonds. The number of hydrogen-bond acceptors (Lipinski definition) is 7. The molecule has 8 nitrogen and oxygen atoms in total. The van der Waals surface area contributed by atoms with Gasteiger partial charge in [-0.15, -0.1) is 0 Å². The van der Waals surface area contributed by atoms with E-state index >= 15 is 0 Å². The number of carbonyl (C=O) groups excluding carboxylic acids is 1. The van der Waals surface area contributed by atoms with Crippen LogP contribution in [-0.4, -0.2) is 56.6 Å². The summed E-state index contributed by atoms with van der Waals surface area (Å²) in [6, 6.07) is 15.0. The highest BCUT2D eigenvalue weighted by molar-refractivity contribution is 7.91. The first-order valence-electron chi connectivity index (χ1n) is 11.5. The number of hydrogen-bond donors (Lipinski definition) is 1. The Hall–Kier alpha value is -3.40. The number of pyridine rings is 1. The number of rotatable bonds is 7. The molecule has 1 N–H and O–H groups in total. The highest BCUT2D eigenvalue weighted by Gasteiger charge is 2.23. The molecule has 2 aliphatic rings. The molecule has 3 heterocycles. The summed E-state index contributed by atoms with van der Waals surface area (Å²) in [5, 5.41) is 4.47. The van der Waals surface area contributed by atoms with Crippen molar-refractivity contribution >= 4 is 21.8 Å². The van der Waals surface area contributed by atoms with Gasteiger partial charge in [-0.3, -0.25) is 19.7 Å². The minimum absolute atomic E-state index is 0.213. The number of benzene rings is 2. The summed E-state index contributed by atoms with van der Waals surface area (Å²) >= 11 is 0. The fraction of sp³-hybridized carbons (Fsp3) is 0.269. The van der Waals surface area contributed by atoms with E-state index in [1.165, 1.54) is 0 Å². The van der Waals surface area contributed by atoms with Crippen LogP contribution in [0.1, 0.15) is 11.1 Å². The standard InChI is InChI=1S/C26H26N4O4S/c31-26(24-15-21-17-27-10-9-23(21)29-24)28-16-19-5-7-22(8-6-19)35(32,33)25-4-2-1-3-20(25)18-30-11-13-34-14-12-30/h1-10,15,17,24H,11-14,16,18H2,(H,28,31). The highest BCUT2D eigenvalue weighted by atomic mass is 32.2. The molecule has 0 radical (unpaired) electrons. The van der Waals surface area contributed by atoms with Gasteiger partial charge in [0.2, 0.25) is 15.7 Å². The number of fused-ring (bicyclic) bond motifs is 1. The lowest BCUT2D eigenvalue weighted by Gasteiger charge is -2.27. The Morgan fingerprint density at radius 1 is 1.06 bits per heavy atom. The molecule has 1 saturated heterocycles. The second-order valence-electron chi connectivity index (χ2n) is 8.54. The molecule has 0 spiro atoms. The first-order chi connectivity index (χ1) is 17.0. The van der Waals surface area contributed by atoms with Gasteiger partial charge < -0.3 is 10.1 Å². The summed E-state index contributed by atoms with van der Waals surface area (Å²) in [7, 11) is -3.68. The van der Waals surface area contributed by atoms with Crippen molar-refractivity contribution in [2.24, 2.45) is 4.99 Å². The van der Waals surface area contributed by atoms with E-state index in [0.29, 0.717) is 24.7 Å². The molecule has 0 saturated carbocycles. The molecular formula is C26H26N4O4S. The van der Waals surface area contributed by atoms with Crippen LogP contribution in [0.2, 0.25) is 0 Å². The fourth-order valence-electron chi connectivity index (χ4n) is 4.24. The highest BCUT2D eigenvalue weighted by Crippen LogP contribution is 2.25. The van der Waals surface area contributed by atoms with E-state index in [1.807, 2.05) is 12.1 Å². The maximum absolute atomic E-state index is 13.4. The number of nitrogens with zero attached hydrogens (tertiary/aromatic N) is 3. The average Bonchev–Trinajstić information content (AvgIpc) is 3.33. The predicted molar refractivity (Wildman–Crippen MR) is 130 cm³/mol. The van der Waals surface area contributed by atoms with Crippen molar-refractivity contribution in [1.82, 2.24) is 15.2 Å². The van der Waals surface area contributed by atoms with Crippen LogP contribution in [0, 0.1) is 0 Å². The number of amides is 1. The predicted octanol–water partition coefficient (Wildman–Crippen LogP) is 0.845. The van der Waals surface area contributed by atoms with Crippen molar-refractivity contribution in [3.63, 3.8) is 0 Å². The Bertz CT molecular complexity index is 1410. The SMILES string of the molecule is O=C(NCc1ccc(S(=O)(=O)c2ccccc2CN2CCOCC2)cc1)C1C=c2cnccc2=N1. The normalized spacial score (nSPS) is 17.8. The van der Waals surface area contributed by atoms with Gasteiger partial charge in [0.05, 0.1) is 28.4 Å². The zero-order chi connectivity index (χ0) is 24.3. The van der Waals surface area contributed by atoms with Crippen molar-refractivity contribution in [3.05, 3.63) is 88.7 Å². The van der Waals surface area contributed by atoms with Gasteiger partial charge in [0.25, 0.3) is 0 Å². The number of carbonyl (C=O) groups is 1. The second-order valence-corrected chi connectivity index (χ2v) is 10.5. The molecule has 1 atom stereocenters. The van der Waals surface area contributed by atoms with Crippen molar-refractivity contribution in [2.45, 2.75) is 28.9 Å². The van der Waals surface area contributed by atoms with Crippen LogP contribution >= 0.6 is 0 Å². The van der Waals surface area contributed by atoms with Gasteiger partial charge in [0.1, 0.15) is 6.04 Å². The number of aromatic nitrogens is 1. The number of ether oxygens (including phenoxy) is 1. The third-order valence-electron chi connectivity index (χ3n) is 6.17. The molecule has 2 aromatic carbocycles. The Balaban J connectivity index is 1.26. The zero-order valence-electron chi connectivity index (χ0n) is 19.1. The lowest BCUT2D eigenvalue weighted by Crippen LogP contribution is -2.36. The van der Waals surface area contributed by atoms with Crippen LogP contribution in [0.3, 0.4) is 0 Å². The molecule has 1 fully saturated rings. The maximum Gasteiger partial charge on any atom is 0.249 e. The first kappa shape index (κ1) is 23.3. The maximum atomic E-state index is 13.4. The second kappa shape index (κ2) is 10.1. The van der Waals surface area contributed by atoms with Crippen LogP contribution in [0.4, 0.5) is 0 Å². The molecule has 180 valence electrons. The Kier molecular flexibility index (Phi) is 6.72. The van der Waals surface area contributed by atoms with Gasteiger partial charge in [0, 0.05) is 43.8 Å². The lowest BCUT2D eigenvalue weighted by molar-refractivity contribution is -0.121. The number of nitrogens with one attached hydrogen (secondary N) is 1. The molecule has 5 rings (SSSR count). The van der Waals surface area contributed by atoms with Gasteiger partial charge in [-0.25, -0.2) is 8.42 Å². The zero-order valence-corrected chi connectivity index (χ0v) is 19.9. The molecule has 35 heavy (non-hydrogen) atoms. The van der Waals surface area contributed by atoms with Crippen LogP contribution < -0.4 is 15.9 Å². The Morgan fingerprint density at radius 3 is 2.60 bits per heavy atom. The minimum Gasteiger partial charge on any atom is -0.379 e. The van der Waals surface area contributed by atoms with Crippen molar-refractivity contribution in [1.29, 1.82) is 0 Å². The van der Waals surface area contributed by atoms with E-state index in [4.69, 9.17) is 4.74 Å². The largest absolute Gasteiger partial charge is 0.379 e. The molecule has 0 aliphatic carbocycles. The monoisotopic (exact) mass is 490 g/mol. The molecule has 2 aliphatic heterocycles. The number of sulfone groups is 1. The Labute approximate surface area is 203 Å². The van der Waals surface area contributed by atoms with Crippen LogP contribution in [0.15, 0.2) is 81.8 Å². The Morgan fingerprint density at radius 2 is 1.83 bits per heavy atom. The quantitative estimate of drug-likeness (QED) is 0.527. The third-order valence-corrected chi connectivity index (χ3v) is 8.04. The topological polar surface area (TPSA) is 101 Å². The lowest BCUT2D eigenvalue weighted by atomic mass is 10.2. The minimum atomic E-state index is -3.68. The molecule has 9 heteroatoms. The van der Waals surface area contributed by atoms with E-state index in [-0.39, 0.29) is 17.3 Å². The summed E-state index contributed by atoms with van der Waals surface area (Å²) in [5.74, 6) is -0.213. The molecule has 1 aromatic heterocycles. The molecule has 0 bridgehead atoms. The van der Waals surface area contributed by atoms with Gasteiger partial charge >= 0.3 is 0 Å². The molecular weight excluding hydrogens is 464 g/mol.